The van der Waals surface area contributed by atoms with Gasteiger partial charge in [-0.05, 0) is 30.7 Å². The van der Waals surface area contributed by atoms with Gasteiger partial charge >= 0.3 is 0 Å². The summed E-state index contributed by atoms with van der Waals surface area (Å²) >= 11 is 11.8. The van der Waals surface area contributed by atoms with Crippen LogP contribution in [0.2, 0.25) is 10.0 Å². The fraction of sp³-hybridized carbons (Fsp3) is 0.0769. The molecule has 2 nitrogen and oxygen atoms in total. The molecule has 0 heterocycles. The van der Waals surface area contributed by atoms with E-state index in [0.717, 1.165) is 5.56 Å². The van der Waals surface area contributed by atoms with E-state index in [-0.39, 0.29) is 0 Å². The summed E-state index contributed by atoms with van der Waals surface area (Å²) in [5.41, 5.74) is 7.42. The van der Waals surface area contributed by atoms with E-state index in [1.54, 1.807) is 24.3 Å². The number of halogens is 2. The second-order valence-electron chi connectivity index (χ2n) is 3.67. The monoisotopic (exact) mass is 267 g/mol. The molecule has 2 rings (SSSR count). The minimum Gasteiger partial charge on any atom is -0.455 e. The Hall–Kier alpha value is -1.38. The summed E-state index contributed by atoms with van der Waals surface area (Å²) in [5.74, 6) is 1.26. The van der Waals surface area contributed by atoms with Crippen LogP contribution in [0, 0.1) is 6.92 Å². The van der Waals surface area contributed by atoms with Crippen molar-refractivity contribution in [3.63, 3.8) is 0 Å². The van der Waals surface area contributed by atoms with E-state index in [9.17, 15) is 0 Å². The van der Waals surface area contributed by atoms with Gasteiger partial charge in [0.25, 0.3) is 0 Å². The number of rotatable bonds is 2. The summed E-state index contributed by atoms with van der Waals surface area (Å²) in [4.78, 5) is 0. The molecule has 0 aliphatic heterocycles. The highest BCUT2D eigenvalue weighted by atomic mass is 35.5. The van der Waals surface area contributed by atoms with Crippen LogP contribution in [0.25, 0.3) is 0 Å². The molecular formula is C13H11Cl2NO. The van der Waals surface area contributed by atoms with Crippen molar-refractivity contribution >= 4 is 28.9 Å². The van der Waals surface area contributed by atoms with E-state index in [4.69, 9.17) is 33.7 Å². The summed E-state index contributed by atoms with van der Waals surface area (Å²) in [6.45, 7) is 1.93. The molecule has 0 saturated carbocycles. The fourth-order valence-corrected chi connectivity index (χ4v) is 1.76. The number of hydrogen-bond acceptors (Lipinski definition) is 2. The summed E-state index contributed by atoms with van der Waals surface area (Å²) in [5, 5.41) is 0.952. The molecule has 0 aliphatic carbocycles. The molecule has 0 unspecified atom stereocenters. The molecular weight excluding hydrogens is 257 g/mol. The summed E-state index contributed by atoms with van der Waals surface area (Å²) < 4.78 is 5.71. The quantitative estimate of drug-likeness (QED) is 0.803. The molecule has 0 atom stereocenters. The second-order valence-corrected chi connectivity index (χ2v) is 4.49. The molecule has 0 radical (unpaired) electrons. The van der Waals surface area contributed by atoms with Crippen LogP contribution in [0.5, 0.6) is 11.5 Å². The number of hydrogen-bond donors (Lipinski definition) is 1. The van der Waals surface area contributed by atoms with Gasteiger partial charge in [0.2, 0.25) is 0 Å². The lowest BCUT2D eigenvalue weighted by atomic mass is 10.2. The Balaban J connectivity index is 2.35. The van der Waals surface area contributed by atoms with Crippen LogP contribution in [-0.2, 0) is 0 Å². The van der Waals surface area contributed by atoms with Crippen molar-refractivity contribution in [2.24, 2.45) is 0 Å². The van der Waals surface area contributed by atoms with Gasteiger partial charge in [0.05, 0.1) is 15.7 Å². The molecule has 2 aromatic rings. The van der Waals surface area contributed by atoms with E-state index in [1.165, 1.54) is 0 Å². The molecule has 0 aliphatic rings. The van der Waals surface area contributed by atoms with Crippen molar-refractivity contribution in [1.29, 1.82) is 0 Å². The Morgan fingerprint density at radius 2 is 1.82 bits per heavy atom. The Morgan fingerprint density at radius 1 is 1.06 bits per heavy atom. The first kappa shape index (κ1) is 12.1. The lowest BCUT2D eigenvalue weighted by Crippen LogP contribution is -1.94. The van der Waals surface area contributed by atoms with Crippen molar-refractivity contribution in [2.75, 3.05) is 5.73 Å². The molecule has 88 valence electrons. The zero-order valence-electron chi connectivity index (χ0n) is 9.21. The summed E-state index contributed by atoms with van der Waals surface area (Å²) in [6.07, 6.45) is 0. The Morgan fingerprint density at radius 3 is 2.47 bits per heavy atom. The highest BCUT2D eigenvalue weighted by molar-refractivity contribution is 6.42. The minimum atomic E-state index is 0.455. The molecule has 2 N–H and O–H groups in total. The molecule has 0 aromatic heterocycles. The SMILES string of the molecule is Cc1cccc(N)c1Oc1ccc(Cl)c(Cl)c1. The predicted molar refractivity (Wildman–Crippen MR) is 72.1 cm³/mol. The number of anilines is 1. The first-order valence-electron chi connectivity index (χ1n) is 5.06. The zero-order valence-corrected chi connectivity index (χ0v) is 10.7. The molecule has 2 aromatic carbocycles. The molecule has 17 heavy (non-hydrogen) atoms. The highest BCUT2D eigenvalue weighted by Crippen LogP contribution is 2.33. The average molecular weight is 268 g/mol. The van der Waals surface area contributed by atoms with Crippen LogP contribution in [0.1, 0.15) is 5.56 Å². The lowest BCUT2D eigenvalue weighted by molar-refractivity contribution is 0.481. The van der Waals surface area contributed by atoms with E-state index >= 15 is 0 Å². The number of nitrogens with two attached hydrogens (primary N) is 1. The Labute approximate surface area is 110 Å². The average Bonchev–Trinajstić information content (AvgIpc) is 2.28. The second kappa shape index (κ2) is 4.86. The van der Waals surface area contributed by atoms with Gasteiger partial charge in [0, 0.05) is 6.07 Å². The normalized spacial score (nSPS) is 10.3. The smallest absolute Gasteiger partial charge is 0.153 e. The van der Waals surface area contributed by atoms with Gasteiger partial charge in [-0.25, -0.2) is 0 Å². The first-order valence-corrected chi connectivity index (χ1v) is 5.81. The maximum absolute atomic E-state index is 5.92. The van der Waals surface area contributed by atoms with E-state index in [2.05, 4.69) is 0 Å². The topological polar surface area (TPSA) is 35.2 Å². The molecule has 0 bridgehead atoms. The number of aryl methyl sites for hydroxylation is 1. The van der Waals surface area contributed by atoms with Gasteiger partial charge in [-0.3, -0.25) is 0 Å². The fourth-order valence-electron chi connectivity index (χ4n) is 1.47. The molecule has 0 saturated heterocycles. The predicted octanol–water partition coefficient (Wildman–Crippen LogP) is 4.68. The molecule has 4 heteroatoms. The summed E-state index contributed by atoms with van der Waals surface area (Å²) in [6, 6.07) is 10.7. The third-order valence-electron chi connectivity index (χ3n) is 2.35. The Kier molecular flexibility index (Phi) is 3.46. The maximum atomic E-state index is 5.92. The van der Waals surface area contributed by atoms with Crippen LogP contribution >= 0.6 is 23.2 Å². The van der Waals surface area contributed by atoms with Crippen molar-refractivity contribution in [2.45, 2.75) is 6.92 Å². The van der Waals surface area contributed by atoms with Gasteiger partial charge in [0.1, 0.15) is 5.75 Å². The summed E-state index contributed by atoms with van der Waals surface area (Å²) in [7, 11) is 0. The van der Waals surface area contributed by atoms with Gasteiger partial charge < -0.3 is 10.5 Å². The van der Waals surface area contributed by atoms with Crippen LogP contribution in [-0.4, -0.2) is 0 Å². The third-order valence-corrected chi connectivity index (χ3v) is 3.09. The van der Waals surface area contributed by atoms with Crippen LogP contribution in [0.15, 0.2) is 36.4 Å². The standard InChI is InChI=1S/C13H11Cl2NO/c1-8-3-2-4-12(16)13(8)17-9-5-6-10(14)11(15)7-9/h2-7H,16H2,1H3. The van der Waals surface area contributed by atoms with E-state index in [1.807, 2.05) is 19.1 Å². The van der Waals surface area contributed by atoms with Crippen molar-refractivity contribution in [1.82, 2.24) is 0 Å². The number of nitrogen functional groups attached to an aromatic ring is 1. The maximum Gasteiger partial charge on any atom is 0.153 e. The van der Waals surface area contributed by atoms with Crippen molar-refractivity contribution in [3.8, 4) is 11.5 Å². The third kappa shape index (κ3) is 2.65. The number of para-hydroxylation sites is 1. The van der Waals surface area contributed by atoms with Crippen molar-refractivity contribution < 1.29 is 4.74 Å². The van der Waals surface area contributed by atoms with Crippen molar-refractivity contribution in [3.05, 3.63) is 52.0 Å². The molecule has 0 fully saturated rings. The Bertz CT molecular complexity index is 535. The van der Waals surface area contributed by atoms with Crippen LogP contribution in [0.4, 0.5) is 5.69 Å². The number of benzene rings is 2. The zero-order chi connectivity index (χ0) is 12.4. The van der Waals surface area contributed by atoms with Crippen LogP contribution < -0.4 is 10.5 Å². The van der Waals surface area contributed by atoms with Gasteiger partial charge in [-0.2, -0.15) is 0 Å². The van der Waals surface area contributed by atoms with Gasteiger partial charge in [0.15, 0.2) is 5.75 Å². The first-order chi connectivity index (χ1) is 8.08. The van der Waals surface area contributed by atoms with Gasteiger partial charge in [-0.15, -0.1) is 0 Å². The molecule has 0 spiro atoms. The number of ether oxygens (including phenoxy) is 1. The van der Waals surface area contributed by atoms with E-state index < -0.39 is 0 Å². The lowest BCUT2D eigenvalue weighted by Gasteiger charge is -2.11. The van der Waals surface area contributed by atoms with Gasteiger partial charge in [-0.1, -0.05) is 35.3 Å². The molecule has 0 amide bonds. The van der Waals surface area contributed by atoms with Crippen LogP contribution in [0.3, 0.4) is 0 Å². The highest BCUT2D eigenvalue weighted by Gasteiger charge is 2.07. The minimum absolute atomic E-state index is 0.455. The van der Waals surface area contributed by atoms with E-state index in [0.29, 0.717) is 27.2 Å². The largest absolute Gasteiger partial charge is 0.455 e.